The van der Waals surface area contributed by atoms with Crippen LogP contribution in [0.25, 0.3) is 0 Å². The summed E-state index contributed by atoms with van der Waals surface area (Å²) in [7, 11) is 0. The van der Waals surface area contributed by atoms with Gasteiger partial charge in [-0.25, -0.2) is 0 Å². The van der Waals surface area contributed by atoms with Gasteiger partial charge < -0.3 is 10.2 Å². The highest BCUT2D eigenvalue weighted by Crippen LogP contribution is 2.32. The van der Waals surface area contributed by atoms with Crippen LogP contribution in [0.3, 0.4) is 0 Å². The zero-order valence-electron chi connectivity index (χ0n) is 18.4. The molecule has 0 atom stereocenters. The predicted octanol–water partition coefficient (Wildman–Crippen LogP) is 4.31. The smallest absolute Gasteiger partial charge is 0.234 e. The first-order chi connectivity index (χ1) is 15.6. The van der Waals surface area contributed by atoms with Crippen molar-refractivity contribution in [3.8, 4) is 0 Å². The van der Waals surface area contributed by atoms with E-state index in [-0.39, 0.29) is 0 Å². The first-order valence-electron chi connectivity index (χ1n) is 11.4. The SMILES string of the molecule is CC1=CC(Nc2nc(Sc3ccc(CC(=O)C4CC4)cc3)nc(N3CCCCC3)n2)=NC1. The molecule has 3 aliphatic rings. The van der Waals surface area contributed by atoms with Gasteiger partial charge in [0, 0.05) is 30.3 Å². The average molecular weight is 449 g/mol. The highest BCUT2D eigenvalue weighted by Gasteiger charge is 2.29. The number of anilines is 2. The van der Waals surface area contributed by atoms with Crippen LogP contribution in [-0.2, 0) is 11.2 Å². The molecule has 0 amide bonds. The molecule has 8 heteroatoms. The number of aromatic nitrogens is 3. The summed E-state index contributed by atoms with van der Waals surface area (Å²) < 4.78 is 0. The van der Waals surface area contributed by atoms with Crippen molar-refractivity contribution in [1.82, 2.24) is 15.0 Å². The van der Waals surface area contributed by atoms with Crippen molar-refractivity contribution < 1.29 is 4.79 Å². The number of Topliss-reactive ketones (excluding diaryl/α,β-unsaturated/α-hetero) is 1. The van der Waals surface area contributed by atoms with Gasteiger partial charge in [-0.3, -0.25) is 9.79 Å². The van der Waals surface area contributed by atoms with Gasteiger partial charge in [0.1, 0.15) is 11.6 Å². The first kappa shape index (κ1) is 21.1. The number of nitrogens with one attached hydrogen (secondary N) is 1. The Labute approximate surface area is 192 Å². The Morgan fingerprint density at radius 1 is 1.09 bits per heavy atom. The van der Waals surface area contributed by atoms with E-state index in [1.807, 2.05) is 30.3 Å². The fourth-order valence-corrected chi connectivity index (χ4v) is 4.68. The molecule has 2 aromatic rings. The lowest BCUT2D eigenvalue weighted by Crippen LogP contribution is -2.31. The number of benzene rings is 1. The molecule has 1 saturated heterocycles. The Hall–Kier alpha value is -2.74. The topological polar surface area (TPSA) is 83.4 Å². The van der Waals surface area contributed by atoms with Crippen LogP contribution in [0.4, 0.5) is 11.9 Å². The maximum atomic E-state index is 12.1. The molecule has 1 aliphatic carbocycles. The summed E-state index contributed by atoms with van der Waals surface area (Å²) in [5.74, 6) is 2.70. The molecule has 0 bridgehead atoms. The molecule has 1 N–H and O–H groups in total. The van der Waals surface area contributed by atoms with Gasteiger partial charge in [0.05, 0.1) is 6.54 Å². The van der Waals surface area contributed by atoms with Crippen LogP contribution in [-0.4, -0.2) is 46.2 Å². The molecule has 32 heavy (non-hydrogen) atoms. The largest absolute Gasteiger partial charge is 0.341 e. The summed E-state index contributed by atoms with van der Waals surface area (Å²) in [4.78, 5) is 34.0. The van der Waals surface area contributed by atoms with Gasteiger partial charge in [-0.05, 0) is 80.1 Å². The normalized spacial score (nSPS) is 18.3. The molecule has 3 heterocycles. The van der Waals surface area contributed by atoms with Crippen LogP contribution in [0.15, 0.2) is 51.0 Å². The number of carbonyl (C=O) groups is 1. The van der Waals surface area contributed by atoms with Crippen molar-refractivity contribution in [1.29, 1.82) is 0 Å². The molecule has 5 rings (SSSR count). The molecule has 1 saturated carbocycles. The van der Waals surface area contributed by atoms with Crippen molar-refractivity contribution in [3.63, 3.8) is 0 Å². The molecule has 0 unspecified atom stereocenters. The number of nitrogens with zero attached hydrogens (tertiary/aromatic N) is 5. The predicted molar refractivity (Wildman–Crippen MR) is 128 cm³/mol. The minimum Gasteiger partial charge on any atom is -0.341 e. The molecule has 2 aliphatic heterocycles. The van der Waals surface area contributed by atoms with E-state index in [1.165, 1.54) is 23.8 Å². The van der Waals surface area contributed by atoms with Gasteiger partial charge in [-0.1, -0.05) is 12.1 Å². The zero-order valence-corrected chi connectivity index (χ0v) is 19.2. The molecule has 1 aromatic heterocycles. The molecule has 0 spiro atoms. The maximum absolute atomic E-state index is 12.1. The van der Waals surface area contributed by atoms with E-state index in [0.29, 0.717) is 35.8 Å². The summed E-state index contributed by atoms with van der Waals surface area (Å²) in [6, 6.07) is 8.17. The fraction of sp³-hybridized carbons (Fsp3) is 0.458. The Kier molecular flexibility index (Phi) is 6.21. The monoisotopic (exact) mass is 448 g/mol. The zero-order chi connectivity index (χ0) is 21.9. The highest BCUT2D eigenvalue weighted by molar-refractivity contribution is 7.99. The third-order valence-electron chi connectivity index (χ3n) is 5.91. The van der Waals surface area contributed by atoms with E-state index >= 15 is 0 Å². The highest BCUT2D eigenvalue weighted by atomic mass is 32.2. The van der Waals surface area contributed by atoms with Crippen molar-refractivity contribution >= 4 is 35.3 Å². The lowest BCUT2D eigenvalue weighted by atomic mass is 10.1. The number of hydrogen-bond donors (Lipinski definition) is 1. The molecular weight excluding hydrogens is 420 g/mol. The first-order valence-corrected chi connectivity index (χ1v) is 12.2. The minimum absolute atomic E-state index is 0.302. The van der Waals surface area contributed by atoms with E-state index in [1.54, 1.807) is 0 Å². The summed E-state index contributed by atoms with van der Waals surface area (Å²) in [6.07, 6.45) is 8.25. The Morgan fingerprint density at radius 3 is 2.56 bits per heavy atom. The van der Waals surface area contributed by atoms with Gasteiger partial charge >= 0.3 is 0 Å². The van der Waals surface area contributed by atoms with Crippen LogP contribution < -0.4 is 10.2 Å². The van der Waals surface area contributed by atoms with E-state index in [2.05, 4.69) is 32.1 Å². The van der Waals surface area contributed by atoms with Gasteiger partial charge in [0.2, 0.25) is 11.9 Å². The van der Waals surface area contributed by atoms with Crippen molar-refractivity contribution in [2.24, 2.45) is 10.9 Å². The van der Waals surface area contributed by atoms with E-state index in [0.717, 1.165) is 61.0 Å². The van der Waals surface area contributed by atoms with Crippen LogP contribution >= 0.6 is 11.8 Å². The number of piperidine rings is 1. The summed E-state index contributed by atoms with van der Waals surface area (Å²) in [5.41, 5.74) is 2.28. The second-order valence-electron chi connectivity index (χ2n) is 8.77. The number of hydrogen-bond acceptors (Lipinski definition) is 8. The molecule has 166 valence electrons. The third kappa shape index (κ3) is 5.35. The van der Waals surface area contributed by atoms with Crippen LogP contribution in [0.1, 0.15) is 44.6 Å². The van der Waals surface area contributed by atoms with E-state index in [9.17, 15) is 4.79 Å². The van der Waals surface area contributed by atoms with Crippen LogP contribution in [0, 0.1) is 5.92 Å². The van der Waals surface area contributed by atoms with Crippen molar-refractivity contribution in [3.05, 3.63) is 41.5 Å². The number of carbonyl (C=O) groups excluding carboxylic acids is 1. The number of amidine groups is 1. The lowest BCUT2D eigenvalue weighted by Gasteiger charge is -2.26. The Bertz CT molecular complexity index is 1050. The van der Waals surface area contributed by atoms with E-state index in [4.69, 9.17) is 4.98 Å². The maximum Gasteiger partial charge on any atom is 0.234 e. The second-order valence-corrected chi connectivity index (χ2v) is 9.81. The summed E-state index contributed by atoms with van der Waals surface area (Å²) in [5, 5.41) is 3.91. The Balaban J connectivity index is 1.34. The van der Waals surface area contributed by atoms with Gasteiger partial charge in [0.25, 0.3) is 0 Å². The minimum atomic E-state index is 0.302. The second kappa shape index (κ2) is 9.40. The standard InChI is InChI=1S/C24H28N6OS/c1-16-13-21(25-15-16)26-22-27-23(30-11-3-2-4-12-30)29-24(28-22)32-19-9-5-17(6-10-19)14-20(31)18-7-8-18/h5-6,9-10,13,18H,2-4,7-8,11-12,14-15H2,1H3,(H,25,26,27,28,29). The number of rotatable bonds is 7. The Morgan fingerprint density at radius 2 is 1.88 bits per heavy atom. The molecular formula is C24H28N6OS. The summed E-state index contributed by atoms with van der Waals surface area (Å²) >= 11 is 1.52. The molecule has 7 nitrogen and oxygen atoms in total. The molecule has 1 aromatic carbocycles. The summed E-state index contributed by atoms with van der Waals surface area (Å²) in [6.45, 7) is 4.71. The van der Waals surface area contributed by atoms with Gasteiger partial charge in [-0.15, -0.1) is 0 Å². The van der Waals surface area contributed by atoms with Gasteiger partial charge in [-0.2, -0.15) is 15.0 Å². The lowest BCUT2D eigenvalue weighted by molar-refractivity contribution is -0.119. The van der Waals surface area contributed by atoms with Crippen LogP contribution in [0.2, 0.25) is 0 Å². The molecule has 0 radical (unpaired) electrons. The number of ketones is 1. The average Bonchev–Trinajstić information content (AvgIpc) is 3.58. The third-order valence-corrected chi connectivity index (χ3v) is 6.78. The van der Waals surface area contributed by atoms with Crippen molar-refractivity contribution in [2.75, 3.05) is 29.9 Å². The van der Waals surface area contributed by atoms with E-state index < -0.39 is 0 Å². The molecule has 2 fully saturated rings. The van der Waals surface area contributed by atoms with Crippen molar-refractivity contribution in [2.45, 2.75) is 55.5 Å². The van der Waals surface area contributed by atoms with Crippen LogP contribution in [0.5, 0.6) is 0 Å². The van der Waals surface area contributed by atoms with Gasteiger partial charge in [0.15, 0.2) is 5.16 Å². The quantitative estimate of drug-likeness (QED) is 0.676. The fourth-order valence-electron chi connectivity index (χ4n) is 3.94. The number of aliphatic imine (C=N–C) groups is 1.